The highest BCUT2D eigenvalue weighted by Crippen LogP contribution is 2.61. The van der Waals surface area contributed by atoms with Crippen LogP contribution in [-0.2, 0) is 9.53 Å². The molecule has 1 saturated carbocycles. The molecule has 3 heteroatoms. The fourth-order valence-corrected chi connectivity index (χ4v) is 2.52. The van der Waals surface area contributed by atoms with Crippen molar-refractivity contribution in [1.29, 1.82) is 0 Å². The van der Waals surface area contributed by atoms with Crippen molar-refractivity contribution < 1.29 is 14.3 Å². The van der Waals surface area contributed by atoms with E-state index >= 15 is 0 Å². The lowest BCUT2D eigenvalue weighted by molar-refractivity contribution is -0.148. The number of ether oxygens (including phenoxy) is 2. The summed E-state index contributed by atoms with van der Waals surface area (Å²) in [6, 6.07) is 7.90. The van der Waals surface area contributed by atoms with Crippen molar-refractivity contribution in [2.45, 2.75) is 12.3 Å². The lowest BCUT2D eigenvalue weighted by atomic mass is 9.97. The van der Waals surface area contributed by atoms with E-state index in [1.165, 1.54) is 5.56 Å². The van der Waals surface area contributed by atoms with E-state index in [9.17, 15) is 4.79 Å². The minimum atomic E-state index is -0.382. The molecule has 0 aromatic heterocycles. The average Bonchev–Trinajstić information content (AvgIpc) is 3.09. The van der Waals surface area contributed by atoms with Crippen molar-refractivity contribution in [3.8, 4) is 5.75 Å². The van der Waals surface area contributed by atoms with E-state index < -0.39 is 0 Å². The number of hydrogen-bond donors (Lipinski definition) is 0. The van der Waals surface area contributed by atoms with Crippen LogP contribution in [-0.4, -0.2) is 19.7 Å². The molecule has 1 aromatic carbocycles. The Morgan fingerprint density at radius 3 is 2.76 bits per heavy atom. The lowest BCUT2D eigenvalue weighted by Crippen LogP contribution is -2.22. The van der Waals surface area contributed by atoms with Crippen molar-refractivity contribution in [2.75, 3.05) is 13.7 Å². The molecule has 2 aliphatic rings. The van der Waals surface area contributed by atoms with Gasteiger partial charge in [-0.1, -0.05) is 24.3 Å². The summed E-state index contributed by atoms with van der Waals surface area (Å²) in [6.07, 6.45) is 4.80. The minimum Gasteiger partial charge on any atom is -0.497 e. The molecule has 1 spiro atoms. The summed E-state index contributed by atoms with van der Waals surface area (Å²) in [5, 5.41) is 0. The van der Waals surface area contributed by atoms with Crippen LogP contribution in [0.15, 0.2) is 36.4 Å². The van der Waals surface area contributed by atoms with E-state index in [1.807, 2.05) is 36.4 Å². The third-order valence-corrected chi connectivity index (χ3v) is 3.63. The maximum absolute atomic E-state index is 11.8. The summed E-state index contributed by atoms with van der Waals surface area (Å²) >= 11 is 0. The highest BCUT2D eigenvalue weighted by Gasteiger charge is 2.60. The zero-order chi connectivity index (χ0) is 11.9. The van der Waals surface area contributed by atoms with Gasteiger partial charge in [0.1, 0.15) is 12.4 Å². The quantitative estimate of drug-likeness (QED) is 0.577. The number of benzene rings is 1. The van der Waals surface area contributed by atoms with Gasteiger partial charge >= 0.3 is 5.97 Å². The van der Waals surface area contributed by atoms with Crippen molar-refractivity contribution in [3.05, 3.63) is 42.0 Å². The van der Waals surface area contributed by atoms with E-state index in [0.717, 1.165) is 12.2 Å². The molecular weight excluding hydrogens is 216 g/mol. The second-order valence-electron chi connectivity index (χ2n) is 4.57. The number of methoxy groups -OCH3 is 1. The van der Waals surface area contributed by atoms with E-state index in [2.05, 4.69) is 0 Å². The fraction of sp³-hybridized carbons (Fsp3) is 0.357. The molecule has 88 valence electrons. The largest absolute Gasteiger partial charge is 0.497 e. The Labute approximate surface area is 100 Å². The second kappa shape index (κ2) is 3.62. The van der Waals surface area contributed by atoms with Gasteiger partial charge in [-0.2, -0.15) is 0 Å². The molecule has 1 fully saturated rings. The van der Waals surface area contributed by atoms with Crippen LogP contribution in [0.2, 0.25) is 0 Å². The van der Waals surface area contributed by atoms with E-state index in [0.29, 0.717) is 6.61 Å². The van der Waals surface area contributed by atoms with Gasteiger partial charge in [-0.3, -0.25) is 4.79 Å². The van der Waals surface area contributed by atoms with Crippen molar-refractivity contribution in [1.82, 2.24) is 0 Å². The molecule has 0 radical (unpaired) electrons. The molecule has 2 atom stereocenters. The summed E-state index contributed by atoms with van der Waals surface area (Å²) in [5.74, 6) is 1.02. The fourth-order valence-electron chi connectivity index (χ4n) is 2.52. The SMILES string of the molecule is COc1ccc([C@H]2C[C@@]23C=CCOC3=O)cc1. The molecule has 3 nitrogen and oxygen atoms in total. The summed E-state index contributed by atoms with van der Waals surface area (Å²) in [4.78, 5) is 11.8. The van der Waals surface area contributed by atoms with Gasteiger partial charge in [-0.25, -0.2) is 0 Å². The maximum Gasteiger partial charge on any atom is 0.316 e. The molecule has 17 heavy (non-hydrogen) atoms. The molecule has 0 unspecified atom stereocenters. The molecular formula is C14H14O3. The molecule has 1 aliphatic heterocycles. The van der Waals surface area contributed by atoms with Crippen LogP contribution in [0.25, 0.3) is 0 Å². The minimum absolute atomic E-state index is 0.0826. The Morgan fingerprint density at radius 1 is 1.35 bits per heavy atom. The van der Waals surface area contributed by atoms with E-state index in [4.69, 9.17) is 9.47 Å². The first-order chi connectivity index (χ1) is 8.26. The number of carbonyl (C=O) groups excluding carboxylic acids is 1. The molecule has 1 aliphatic carbocycles. The normalized spacial score (nSPS) is 30.2. The Bertz CT molecular complexity index is 475. The molecule has 0 N–H and O–H groups in total. The molecule has 0 bridgehead atoms. The number of hydrogen-bond acceptors (Lipinski definition) is 3. The topological polar surface area (TPSA) is 35.5 Å². The monoisotopic (exact) mass is 230 g/mol. The first kappa shape index (κ1) is 10.4. The van der Waals surface area contributed by atoms with Crippen LogP contribution < -0.4 is 4.74 Å². The Kier molecular flexibility index (Phi) is 2.21. The van der Waals surface area contributed by atoms with E-state index in [-0.39, 0.29) is 17.3 Å². The predicted molar refractivity (Wildman–Crippen MR) is 62.9 cm³/mol. The van der Waals surface area contributed by atoms with Crippen molar-refractivity contribution in [3.63, 3.8) is 0 Å². The van der Waals surface area contributed by atoms with Gasteiger partial charge in [0.2, 0.25) is 0 Å². The third kappa shape index (κ3) is 1.54. The summed E-state index contributed by atoms with van der Waals surface area (Å²) in [5.41, 5.74) is 0.793. The number of rotatable bonds is 2. The van der Waals surface area contributed by atoms with Gasteiger partial charge in [0.05, 0.1) is 12.5 Å². The van der Waals surface area contributed by atoms with Gasteiger partial charge in [-0.15, -0.1) is 0 Å². The van der Waals surface area contributed by atoms with Gasteiger partial charge in [0.25, 0.3) is 0 Å². The number of esters is 1. The van der Waals surface area contributed by atoms with Gasteiger partial charge in [-0.05, 0) is 24.1 Å². The van der Waals surface area contributed by atoms with Crippen molar-refractivity contribution in [2.24, 2.45) is 5.41 Å². The zero-order valence-corrected chi connectivity index (χ0v) is 9.68. The third-order valence-electron chi connectivity index (χ3n) is 3.63. The molecule has 1 aromatic rings. The Balaban J connectivity index is 1.85. The van der Waals surface area contributed by atoms with Gasteiger partial charge in [0, 0.05) is 5.92 Å². The highest BCUT2D eigenvalue weighted by molar-refractivity contribution is 5.85. The standard InChI is InChI=1S/C14H14O3/c1-16-11-5-3-10(4-6-11)12-9-14(12)7-2-8-17-13(14)15/h2-7,12H,8-9H2,1H3/t12-,14+/m1/s1. The smallest absolute Gasteiger partial charge is 0.316 e. The maximum atomic E-state index is 11.8. The zero-order valence-electron chi connectivity index (χ0n) is 9.68. The Hall–Kier alpha value is -1.77. The average molecular weight is 230 g/mol. The predicted octanol–water partition coefficient (Wildman–Crippen LogP) is 2.28. The van der Waals surface area contributed by atoms with Crippen LogP contribution in [0, 0.1) is 5.41 Å². The van der Waals surface area contributed by atoms with Gasteiger partial charge in [0.15, 0.2) is 0 Å². The summed E-state index contributed by atoms with van der Waals surface area (Å²) < 4.78 is 10.2. The lowest BCUT2D eigenvalue weighted by Gasteiger charge is -2.16. The molecule has 1 heterocycles. The molecule has 3 rings (SSSR count). The summed E-state index contributed by atoms with van der Waals surface area (Å²) in [6.45, 7) is 0.413. The highest BCUT2D eigenvalue weighted by atomic mass is 16.5. The van der Waals surface area contributed by atoms with E-state index in [1.54, 1.807) is 7.11 Å². The van der Waals surface area contributed by atoms with Gasteiger partial charge < -0.3 is 9.47 Å². The van der Waals surface area contributed by atoms with Crippen LogP contribution in [0.3, 0.4) is 0 Å². The van der Waals surface area contributed by atoms with Crippen molar-refractivity contribution >= 4 is 5.97 Å². The van der Waals surface area contributed by atoms with Crippen LogP contribution >= 0.6 is 0 Å². The second-order valence-corrected chi connectivity index (χ2v) is 4.57. The number of cyclic esters (lactones) is 1. The van der Waals surface area contributed by atoms with Crippen LogP contribution in [0.1, 0.15) is 17.9 Å². The summed E-state index contributed by atoms with van der Waals surface area (Å²) in [7, 11) is 1.65. The number of carbonyl (C=O) groups is 1. The first-order valence-corrected chi connectivity index (χ1v) is 5.75. The van der Waals surface area contributed by atoms with Crippen LogP contribution in [0.5, 0.6) is 5.75 Å². The Morgan fingerprint density at radius 2 is 2.12 bits per heavy atom. The van der Waals surface area contributed by atoms with Crippen LogP contribution in [0.4, 0.5) is 0 Å². The molecule has 0 amide bonds. The molecule has 0 saturated heterocycles. The first-order valence-electron chi connectivity index (χ1n) is 5.75.